The van der Waals surface area contributed by atoms with E-state index in [1.165, 1.54) is 17.3 Å². The molecule has 31 heavy (non-hydrogen) atoms. The first-order chi connectivity index (χ1) is 15.0. The second-order valence-corrected chi connectivity index (χ2v) is 9.16. The highest BCUT2D eigenvalue weighted by atomic mass is 32.2. The maximum absolute atomic E-state index is 13.2. The van der Waals surface area contributed by atoms with Crippen LogP contribution in [0.3, 0.4) is 0 Å². The fourth-order valence-corrected chi connectivity index (χ4v) is 4.30. The van der Waals surface area contributed by atoms with Gasteiger partial charge in [-0.15, -0.1) is 11.8 Å². The normalized spacial score (nSPS) is 14.0. The first-order valence-corrected chi connectivity index (χ1v) is 11.4. The second kappa shape index (κ2) is 9.40. The van der Waals surface area contributed by atoms with Crippen LogP contribution in [-0.2, 0) is 9.59 Å². The van der Waals surface area contributed by atoms with E-state index in [0.717, 1.165) is 40.2 Å². The molecule has 0 spiro atoms. The fourth-order valence-electron chi connectivity index (χ4n) is 3.27. The summed E-state index contributed by atoms with van der Waals surface area (Å²) in [6, 6.07) is 23.4. The number of thioether (sulfide) groups is 1. The highest BCUT2D eigenvalue weighted by Crippen LogP contribution is 2.37. The first-order valence-electron chi connectivity index (χ1n) is 10.5. The first kappa shape index (κ1) is 21.2. The Kier molecular flexibility index (Phi) is 6.42. The summed E-state index contributed by atoms with van der Waals surface area (Å²) < 4.78 is 0. The molecule has 1 atom stereocenters. The molecule has 3 aromatic carbocycles. The highest BCUT2D eigenvalue weighted by Gasteiger charge is 2.29. The summed E-state index contributed by atoms with van der Waals surface area (Å²) >= 11 is 1.50. The molecule has 3 aromatic rings. The van der Waals surface area contributed by atoms with Gasteiger partial charge in [-0.2, -0.15) is 0 Å². The van der Waals surface area contributed by atoms with Crippen molar-refractivity contribution in [2.24, 2.45) is 5.92 Å². The predicted molar refractivity (Wildman–Crippen MR) is 127 cm³/mol. The molecule has 4 nitrogen and oxygen atoms in total. The standard InChI is InChI=1S/C26H26N2O2S/c1-17-8-11-22(16-18(17)2)28-26(30)24(19-6-4-3-5-7-19)31-23-14-12-21(13-15-23)27-25(29)20-9-10-20/h3-8,11-16,20,24H,9-10H2,1-2H3,(H,27,29)(H,28,30). The van der Waals surface area contributed by atoms with Crippen LogP contribution in [0.5, 0.6) is 0 Å². The molecule has 2 N–H and O–H groups in total. The summed E-state index contributed by atoms with van der Waals surface area (Å²) in [5.41, 5.74) is 4.87. The lowest BCUT2D eigenvalue weighted by molar-refractivity contribution is -0.117. The number of carbonyl (C=O) groups is 2. The van der Waals surface area contributed by atoms with Gasteiger partial charge in [0.2, 0.25) is 11.8 Å². The van der Waals surface area contributed by atoms with Gasteiger partial charge in [-0.05, 0) is 79.8 Å². The van der Waals surface area contributed by atoms with E-state index in [0.29, 0.717) is 0 Å². The van der Waals surface area contributed by atoms with Gasteiger partial charge >= 0.3 is 0 Å². The van der Waals surface area contributed by atoms with Crippen LogP contribution < -0.4 is 10.6 Å². The molecular weight excluding hydrogens is 404 g/mol. The number of hydrogen-bond donors (Lipinski definition) is 2. The Hall–Kier alpha value is -3.05. The number of hydrogen-bond acceptors (Lipinski definition) is 3. The van der Waals surface area contributed by atoms with E-state index >= 15 is 0 Å². The van der Waals surface area contributed by atoms with Gasteiger partial charge in [0.05, 0.1) is 0 Å². The summed E-state index contributed by atoms with van der Waals surface area (Å²) in [5, 5.41) is 5.63. The van der Waals surface area contributed by atoms with Gasteiger partial charge in [0.1, 0.15) is 5.25 Å². The number of anilines is 2. The molecule has 0 saturated heterocycles. The third-order valence-corrected chi connectivity index (χ3v) is 6.71. The minimum Gasteiger partial charge on any atom is -0.326 e. The summed E-state index contributed by atoms with van der Waals surface area (Å²) in [4.78, 5) is 26.1. The molecule has 1 aliphatic carbocycles. The largest absolute Gasteiger partial charge is 0.326 e. The summed E-state index contributed by atoms with van der Waals surface area (Å²) in [6.45, 7) is 4.10. The van der Waals surface area contributed by atoms with Crippen LogP contribution in [0.1, 0.15) is 34.8 Å². The Balaban J connectivity index is 1.50. The number of carbonyl (C=O) groups excluding carboxylic acids is 2. The topological polar surface area (TPSA) is 58.2 Å². The summed E-state index contributed by atoms with van der Waals surface area (Å²) in [6.07, 6.45) is 1.96. The van der Waals surface area contributed by atoms with Crippen molar-refractivity contribution in [3.63, 3.8) is 0 Å². The molecule has 1 fully saturated rings. The lowest BCUT2D eigenvalue weighted by atomic mass is 10.1. The molecule has 158 valence electrons. The lowest BCUT2D eigenvalue weighted by Crippen LogP contribution is -2.19. The quantitative estimate of drug-likeness (QED) is 0.444. The van der Waals surface area contributed by atoms with Crippen molar-refractivity contribution in [3.05, 3.63) is 89.5 Å². The number of benzene rings is 3. The third kappa shape index (κ3) is 5.56. The third-order valence-electron chi connectivity index (χ3n) is 5.44. The second-order valence-electron chi connectivity index (χ2n) is 7.98. The van der Waals surface area contributed by atoms with Crippen molar-refractivity contribution in [3.8, 4) is 0 Å². The summed E-state index contributed by atoms with van der Waals surface area (Å²) in [5.74, 6) is 0.200. The van der Waals surface area contributed by atoms with Gasteiger partial charge < -0.3 is 10.6 Å². The molecule has 0 aromatic heterocycles. The van der Waals surface area contributed by atoms with E-state index in [4.69, 9.17) is 0 Å². The molecule has 1 saturated carbocycles. The van der Waals surface area contributed by atoms with E-state index in [1.807, 2.05) is 79.7 Å². The smallest absolute Gasteiger partial charge is 0.242 e. The Morgan fingerprint density at radius 1 is 0.839 bits per heavy atom. The number of aryl methyl sites for hydroxylation is 2. The SMILES string of the molecule is Cc1ccc(NC(=O)C(Sc2ccc(NC(=O)C3CC3)cc2)c2ccccc2)cc1C. The van der Waals surface area contributed by atoms with Gasteiger partial charge in [-0.25, -0.2) is 0 Å². The molecule has 1 unspecified atom stereocenters. The molecule has 4 rings (SSSR count). The van der Waals surface area contributed by atoms with Crippen molar-refractivity contribution < 1.29 is 9.59 Å². The van der Waals surface area contributed by atoms with Gasteiger partial charge in [0.25, 0.3) is 0 Å². The van der Waals surface area contributed by atoms with E-state index < -0.39 is 5.25 Å². The van der Waals surface area contributed by atoms with Gasteiger partial charge in [0, 0.05) is 22.2 Å². The van der Waals surface area contributed by atoms with Crippen LogP contribution in [0, 0.1) is 19.8 Å². The summed E-state index contributed by atoms with van der Waals surface area (Å²) in [7, 11) is 0. The zero-order valence-electron chi connectivity index (χ0n) is 17.7. The number of amides is 2. The maximum Gasteiger partial charge on any atom is 0.242 e. The highest BCUT2D eigenvalue weighted by molar-refractivity contribution is 8.00. The average molecular weight is 431 g/mol. The van der Waals surface area contributed by atoms with Crippen LogP contribution in [0.25, 0.3) is 0 Å². The Morgan fingerprint density at radius 2 is 1.52 bits per heavy atom. The van der Waals surface area contributed by atoms with E-state index in [2.05, 4.69) is 17.6 Å². The number of rotatable bonds is 7. The Labute approximate surface area is 187 Å². The fraction of sp³-hybridized carbons (Fsp3) is 0.231. The minimum absolute atomic E-state index is 0.0643. The predicted octanol–water partition coefficient (Wildman–Crippen LogP) is 6.12. The van der Waals surface area contributed by atoms with Crippen molar-refractivity contribution >= 4 is 35.0 Å². The van der Waals surface area contributed by atoms with E-state index in [-0.39, 0.29) is 17.7 Å². The molecule has 1 aliphatic rings. The lowest BCUT2D eigenvalue weighted by Gasteiger charge is -2.18. The van der Waals surface area contributed by atoms with Crippen LogP contribution in [0.15, 0.2) is 77.7 Å². The van der Waals surface area contributed by atoms with Crippen molar-refractivity contribution in [2.75, 3.05) is 10.6 Å². The Morgan fingerprint density at radius 3 is 2.16 bits per heavy atom. The maximum atomic E-state index is 13.2. The van der Waals surface area contributed by atoms with Gasteiger partial charge in [-0.1, -0.05) is 36.4 Å². The van der Waals surface area contributed by atoms with E-state index in [1.54, 1.807) is 0 Å². The average Bonchev–Trinajstić information content (AvgIpc) is 3.62. The van der Waals surface area contributed by atoms with Gasteiger partial charge in [0.15, 0.2) is 0 Å². The molecule has 0 aliphatic heterocycles. The molecule has 0 bridgehead atoms. The molecule has 5 heteroatoms. The molecule has 2 amide bonds. The van der Waals surface area contributed by atoms with Crippen molar-refractivity contribution in [1.82, 2.24) is 0 Å². The van der Waals surface area contributed by atoms with E-state index in [9.17, 15) is 9.59 Å². The zero-order valence-corrected chi connectivity index (χ0v) is 18.5. The van der Waals surface area contributed by atoms with Crippen molar-refractivity contribution in [2.45, 2.75) is 36.8 Å². The van der Waals surface area contributed by atoms with Crippen LogP contribution in [0.4, 0.5) is 11.4 Å². The van der Waals surface area contributed by atoms with Crippen LogP contribution >= 0.6 is 11.8 Å². The molecule has 0 radical (unpaired) electrons. The van der Waals surface area contributed by atoms with Crippen LogP contribution in [-0.4, -0.2) is 11.8 Å². The zero-order chi connectivity index (χ0) is 21.8. The van der Waals surface area contributed by atoms with Crippen LogP contribution in [0.2, 0.25) is 0 Å². The molecule has 0 heterocycles. The molecular formula is C26H26N2O2S. The van der Waals surface area contributed by atoms with Crippen molar-refractivity contribution in [1.29, 1.82) is 0 Å². The monoisotopic (exact) mass is 430 g/mol. The van der Waals surface area contributed by atoms with Gasteiger partial charge in [-0.3, -0.25) is 9.59 Å². The number of nitrogens with one attached hydrogen (secondary N) is 2. The Bertz CT molecular complexity index is 1080. The minimum atomic E-state index is -0.394.